The molecule has 7 rings (SSSR count). The van der Waals surface area contributed by atoms with Crippen LogP contribution in [0.2, 0.25) is 0 Å². The third-order valence-corrected chi connectivity index (χ3v) is 10.8. The highest BCUT2D eigenvalue weighted by Crippen LogP contribution is 2.42. The quantitative estimate of drug-likeness (QED) is 0.0592. The van der Waals surface area contributed by atoms with Crippen molar-refractivity contribution in [3.8, 4) is 17.2 Å². The molecule has 0 radical (unpaired) electrons. The van der Waals surface area contributed by atoms with Gasteiger partial charge in [-0.05, 0) is 18.2 Å². The van der Waals surface area contributed by atoms with E-state index in [1.165, 1.54) is 72.8 Å². The molecule has 0 saturated heterocycles. The van der Waals surface area contributed by atoms with Gasteiger partial charge in [-0.3, -0.25) is 13.7 Å². The Bertz CT molecular complexity index is 2910. The fourth-order valence-electron chi connectivity index (χ4n) is 5.67. The van der Waals surface area contributed by atoms with Crippen LogP contribution in [0.5, 0.6) is 17.2 Å². The summed E-state index contributed by atoms with van der Waals surface area (Å²) in [6, 6.07) is 20.6. The first-order chi connectivity index (χ1) is 26.9. The predicted molar refractivity (Wildman–Crippen MR) is 201 cm³/mol. The summed E-state index contributed by atoms with van der Waals surface area (Å²) in [6.45, 7) is 0. The van der Waals surface area contributed by atoms with Crippen molar-refractivity contribution in [2.75, 3.05) is 0 Å². The van der Waals surface area contributed by atoms with Crippen LogP contribution in [0.1, 0.15) is 0 Å². The first kappa shape index (κ1) is 38.4. The SMILES string of the molecule is O=S(=O)(O)c1cc(N=Nc2cc(N=Nc3cc(S(=O)(=O)O)c4ccccc4c3O)nc(N=Nc3cc(S(=O)(=O)O)c4ccccc4c3O)n2)c(O)c2ccccc12. The highest BCUT2D eigenvalue weighted by Gasteiger charge is 2.22. The number of nitrogens with zero attached hydrogens (tertiary/aromatic N) is 8. The predicted octanol–water partition coefficient (Wildman–Crippen LogP) is 8.04. The summed E-state index contributed by atoms with van der Waals surface area (Å²) in [6.07, 6.45) is 0. The molecule has 6 aromatic carbocycles. The van der Waals surface area contributed by atoms with Gasteiger partial charge in [0.2, 0.25) is 0 Å². The highest BCUT2D eigenvalue weighted by molar-refractivity contribution is 7.86. The zero-order valence-electron chi connectivity index (χ0n) is 28.2. The van der Waals surface area contributed by atoms with Crippen molar-refractivity contribution < 1.29 is 54.2 Å². The van der Waals surface area contributed by atoms with Gasteiger partial charge in [0.15, 0.2) is 28.9 Å². The molecule has 0 fully saturated rings. The van der Waals surface area contributed by atoms with E-state index in [1.807, 2.05) is 0 Å². The monoisotopic (exact) mass is 830 g/mol. The molecule has 0 bridgehead atoms. The number of phenolic OH excluding ortho intramolecular Hbond substituents is 3. The summed E-state index contributed by atoms with van der Waals surface area (Å²) < 4.78 is 103. The van der Waals surface area contributed by atoms with Crippen molar-refractivity contribution in [1.82, 2.24) is 9.97 Å². The average molecular weight is 831 g/mol. The standard InChI is InChI=1S/C34H22N8O12S3/c43-31-20-10-4-1-7-17(20)26(55(46,47)48)13-23(31)37-40-29-16-30(41-38-24-14-27(56(49,50)51)18-8-2-5-11-21(18)32(24)44)36-34(35-29)42-39-25-15-28(57(52,53)54)19-9-3-6-12-22(19)33(25)45/h1-16,43-45H,(H,46,47,48)(H,49,50,51)(H,52,53,54). The molecule has 0 saturated carbocycles. The lowest BCUT2D eigenvalue weighted by Gasteiger charge is -2.08. The van der Waals surface area contributed by atoms with Gasteiger partial charge in [0.05, 0.1) is 0 Å². The second kappa shape index (κ2) is 14.3. The van der Waals surface area contributed by atoms with Gasteiger partial charge in [0, 0.05) is 38.4 Å². The molecule has 0 amide bonds. The van der Waals surface area contributed by atoms with E-state index in [0.717, 1.165) is 24.3 Å². The number of fused-ring (bicyclic) bond motifs is 3. The van der Waals surface area contributed by atoms with Crippen LogP contribution in [-0.2, 0) is 30.4 Å². The molecule has 6 N–H and O–H groups in total. The maximum absolute atomic E-state index is 12.2. The molecule has 23 heteroatoms. The molecule has 0 aliphatic carbocycles. The number of phenols is 3. The average Bonchev–Trinajstić information content (AvgIpc) is 3.16. The second-order valence-corrected chi connectivity index (χ2v) is 15.9. The first-order valence-corrected chi connectivity index (χ1v) is 20.0. The molecule has 20 nitrogen and oxygen atoms in total. The highest BCUT2D eigenvalue weighted by atomic mass is 32.2. The van der Waals surface area contributed by atoms with Crippen LogP contribution < -0.4 is 0 Å². The van der Waals surface area contributed by atoms with E-state index in [4.69, 9.17) is 0 Å². The molecule has 1 heterocycles. The van der Waals surface area contributed by atoms with E-state index >= 15 is 0 Å². The molecular weight excluding hydrogens is 809 g/mol. The topological polar surface area (TPSA) is 324 Å². The fourth-order valence-corrected chi connectivity index (χ4v) is 7.82. The van der Waals surface area contributed by atoms with Crippen LogP contribution >= 0.6 is 0 Å². The molecule has 0 unspecified atom stereocenters. The maximum atomic E-state index is 12.2. The smallest absolute Gasteiger partial charge is 0.295 e. The number of hydrogen-bond acceptors (Lipinski definition) is 17. The Morgan fingerprint density at radius 2 is 0.667 bits per heavy atom. The van der Waals surface area contributed by atoms with E-state index in [1.54, 1.807) is 0 Å². The summed E-state index contributed by atoms with van der Waals surface area (Å²) in [5.74, 6) is -3.05. The summed E-state index contributed by atoms with van der Waals surface area (Å²) in [4.78, 5) is 6.30. The largest absolute Gasteiger partial charge is 0.505 e. The van der Waals surface area contributed by atoms with Gasteiger partial charge in [0.1, 0.15) is 31.7 Å². The van der Waals surface area contributed by atoms with Gasteiger partial charge < -0.3 is 15.3 Å². The summed E-state index contributed by atoms with van der Waals surface area (Å²) in [7, 11) is -14.5. The van der Waals surface area contributed by atoms with Crippen molar-refractivity contribution in [2.24, 2.45) is 30.7 Å². The summed E-state index contributed by atoms with van der Waals surface area (Å²) in [5.41, 5.74) is -1.34. The Balaban J connectivity index is 1.38. The van der Waals surface area contributed by atoms with Gasteiger partial charge in [-0.1, -0.05) is 72.8 Å². The van der Waals surface area contributed by atoms with Crippen LogP contribution in [0.4, 0.5) is 34.6 Å². The number of aromatic hydroxyl groups is 3. The normalized spacial score (nSPS) is 12.9. The van der Waals surface area contributed by atoms with Gasteiger partial charge in [-0.2, -0.15) is 35.2 Å². The molecule has 0 aliphatic heterocycles. The van der Waals surface area contributed by atoms with Crippen LogP contribution in [0, 0.1) is 0 Å². The number of rotatable bonds is 9. The van der Waals surface area contributed by atoms with Crippen LogP contribution in [0.25, 0.3) is 32.3 Å². The minimum Gasteiger partial charge on any atom is -0.505 e. The molecule has 7 aromatic rings. The minimum atomic E-state index is -4.84. The molecular formula is C34H22N8O12S3. The zero-order chi connectivity index (χ0) is 40.9. The Kier molecular flexibility index (Phi) is 9.64. The number of benzene rings is 6. The summed E-state index contributed by atoms with van der Waals surface area (Å²) >= 11 is 0. The van der Waals surface area contributed by atoms with Crippen molar-refractivity contribution in [1.29, 1.82) is 0 Å². The Morgan fingerprint density at radius 1 is 0.386 bits per heavy atom. The third-order valence-electron chi connectivity index (χ3n) is 8.16. The number of azo groups is 3. The fraction of sp³-hybridized carbons (Fsp3) is 0. The Labute approximate surface area is 320 Å². The maximum Gasteiger partial charge on any atom is 0.295 e. The number of hydrogen-bond donors (Lipinski definition) is 6. The van der Waals surface area contributed by atoms with Gasteiger partial charge in [-0.15, -0.1) is 30.7 Å². The van der Waals surface area contributed by atoms with E-state index in [0.29, 0.717) is 0 Å². The van der Waals surface area contributed by atoms with Crippen molar-refractivity contribution in [3.63, 3.8) is 0 Å². The minimum absolute atomic E-state index is 0.00727. The first-order valence-electron chi connectivity index (χ1n) is 15.7. The second-order valence-electron chi connectivity index (χ2n) is 11.8. The molecule has 0 spiro atoms. The van der Waals surface area contributed by atoms with Gasteiger partial charge in [-0.25, -0.2) is 0 Å². The van der Waals surface area contributed by atoms with Crippen LogP contribution in [0.3, 0.4) is 0 Å². The van der Waals surface area contributed by atoms with E-state index in [2.05, 4.69) is 40.7 Å². The van der Waals surface area contributed by atoms with Gasteiger partial charge >= 0.3 is 0 Å². The Hall–Kier alpha value is -6.89. The van der Waals surface area contributed by atoms with Gasteiger partial charge in [0.25, 0.3) is 36.3 Å². The number of aromatic nitrogens is 2. The molecule has 57 heavy (non-hydrogen) atoms. The molecule has 0 aliphatic rings. The van der Waals surface area contributed by atoms with Crippen molar-refractivity contribution in [3.05, 3.63) is 97.1 Å². The molecule has 1 aromatic heterocycles. The van der Waals surface area contributed by atoms with Crippen molar-refractivity contribution >= 4 is 97.3 Å². The zero-order valence-corrected chi connectivity index (χ0v) is 30.6. The van der Waals surface area contributed by atoms with E-state index in [-0.39, 0.29) is 32.3 Å². The summed E-state index contributed by atoms with van der Waals surface area (Å²) in [5, 5.41) is 55.9. The lowest BCUT2D eigenvalue weighted by molar-refractivity contribution is 0.477. The molecule has 0 atom stereocenters. The van der Waals surface area contributed by atoms with E-state index < -0.39 is 96.9 Å². The van der Waals surface area contributed by atoms with Crippen LogP contribution in [-0.4, -0.2) is 64.2 Å². The molecule has 288 valence electrons. The van der Waals surface area contributed by atoms with Crippen molar-refractivity contribution in [2.45, 2.75) is 14.7 Å². The lowest BCUT2D eigenvalue weighted by atomic mass is 10.1. The third kappa shape index (κ3) is 7.68. The lowest BCUT2D eigenvalue weighted by Crippen LogP contribution is -1.99. The van der Waals surface area contributed by atoms with E-state index in [9.17, 15) is 54.2 Å². The van der Waals surface area contributed by atoms with Crippen LogP contribution in [0.15, 0.2) is 142 Å². The Morgan fingerprint density at radius 3 is 0.965 bits per heavy atom.